The van der Waals surface area contributed by atoms with E-state index in [0.29, 0.717) is 6.29 Å². The third kappa shape index (κ3) is 3.59. The Hall–Kier alpha value is -1.33. The zero-order chi connectivity index (χ0) is 10.4. The molecule has 0 atom stereocenters. The van der Waals surface area contributed by atoms with E-state index in [9.17, 15) is 4.79 Å². The van der Waals surface area contributed by atoms with Crippen LogP contribution in [0.2, 0.25) is 13.1 Å². The molecule has 72 valence electrons. The van der Waals surface area contributed by atoms with Crippen LogP contribution in [0.4, 0.5) is 0 Å². The minimum absolute atomic E-state index is 0.680. The normalized spacial score (nSPS) is 10.1. The Morgan fingerprint density at radius 2 is 1.93 bits per heavy atom. The van der Waals surface area contributed by atoms with E-state index >= 15 is 0 Å². The van der Waals surface area contributed by atoms with Crippen molar-refractivity contribution in [2.75, 3.05) is 0 Å². The first kappa shape index (κ1) is 10.7. The summed E-state index contributed by atoms with van der Waals surface area (Å²) in [6.07, 6.45) is 0.680. The molecule has 0 spiro atoms. The zero-order valence-electron chi connectivity index (χ0n) is 8.58. The second-order valence-electron chi connectivity index (χ2n) is 3.93. The number of rotatable bonds is 2. The molecule has 0 amide bonds. The Kier molecular flexibility index (Phi) is 3.67. The Balaban J connectivity index is 2.73. The van der Waals surface area contributed by atoms with Crippen LogP contribution in [-0.4, -0.2) is 14.4 Å². The fraction of sp³-hybridized carbons (Fsp3) is 0.250. The van der Waals surface area contributed by atoms with Gasteiger partial charge >= 0.3 is 0 Å². The van der Waals surface area contributed by atoms with E-state index in [1.807, 2.05) is 18.2 Å². The average Bonchev–Trinajstić information content (AvgIpc) is 2.16. The molecule has 1 aromatic carbocycles. The Labute approximate surface area is 86.2 Å². The SMILES string of the molecule is C[Si](C)(C#CC=O)Cc1ccccc1. The molecule has 1 rings (SSSR count). The van der Waals surface area contributed by atoms with Crippen molar-refractivity contribution < 1.29 is 4.79 Å². The Bertz CT molecular complexity index is 357. The van der Waals surface area contributed by atoms with E-state index in [4.69, 9.17) is 0 Å². The monoisotopic (exact) mass is 202 g/mol. The van der Waals surface area contributed by atoms with Gasteiger partial charge in [-0.2, -0.15) is 0 Å². The van der Waals surface area contributed by atoms with Gasteiger partial charge in [0.15, 0.2) is 6.29 Å². The van der Waals surface area contributed by atoms with Crippen LogP contribution in [0.15, 0.2) is 30.3 Å². The van der Waals surface area contributed by atoms with Crippen LogP contribution in [0, 0.1) is 11.5 Å². The molecule has 0 bridgehead atoms. The highest BCUT2D eigenvalue weighted by Crippen LogP contribution is 2.10. The van der Waals surface area contributed by atoms with E-state index in [0.717, 1.165) is 6.04 Å². The first-order valence-electron chi connectivity index (χ1n) is 4.64. The molecule has 0 aromatic heterocycles. The number of hydrogen-bond donors (Lipinski definition) is 0. The number of benzene rings is 1. The van der Waals surface area contributed by atoms with E-state index in [1.54, 1.807) is 0 Å². The molecule has 1 aromatic rings. The van der Waals surface area contributed by atoms with Crippen LogP contribution >= 0.6 is 0 Å². The molecule has 0 unspecified atom stereocenters. The molecular formula is C12H14OSi. The Morgan fingerprint density at radius 1 is 1.29 bits per heavy atom. The van der Waals surface area contributed by atoms with Gasteiger partial charge in [-0.25, -0.2) is 0 Å². The van der Waals surface area contributed by atoms with E-state index in [-0.39, 0.29) is 0 Å². The highest BCUT2D eigenvalue weighted by Gasteiger charge is 2.18. The molecule has 0 saturated heterocycles. The van der Waals surface area contributed by atoms with Gasteiger partial charge in [-0.05, 0) is 17.5 Å². The molecule has 14 heavy (non-hydrogen) atoms. The largest absolute Gasteiger partial charge is 0.289 e. The fourth-order valence-electron chi connectivity index (χ4n) is 1.38. The molecule has 0 heterocycles. The second kappa shape index (κ2) is 4.78. The lowest BCUT2D eigenvalue weighted by Gasteiger charge is -2.13. The number of aldehydes is 1. The molecule has 0 aliphatic heterocycles. The summed E-state index contributed by atoms with van der Waals surface area (Å²) in [5.74, 6) is 2.54. The van der Waals surface area contributed by atoms with E-state index in [2.05, 4.69) is 36.7 Å². The highest BCUT2D eigenvalue weighted by molar-refractivity contribution is 6.84. The van der Waals surface area contributed by atoms with E-state index in [1.165, 1.54) is 5.56 Å². The van der Waals surface area contributed by atoms with Gasteiger partial charge in [-0.3, -0.25) is 4.79 Å². The maximum Gasteiger partial charge on any atom is 0.192 e. The summed E-state index contributed by atoms with van der Waals surface area (Å²) in [7, 11) is -1.56. The van der Waals surface area contributed by atoms with Crippen molar-refractivity contribution >= 4 is 14.4 Å². The van der Waals surface area contributed by atoms with Crippen LogP contribution in [0.1, 0.15) is 5.56 Å². The van der Waals surface area contributed by atoms with Crippen molar-refractivity contribution in [1.82, 2.24) is 0 Å². The van der Waals surface area contributed by atoms with Crippen LogP contribution in [0.5, 0.6) is 0 Å². The van der Waals surface area contributed by atoms with Crippen LogP contribution < -0.4 is 0 Å². The van der Waals surface area contributed by atoms with E-state index < -0.39 is 8.07 Å². The third-order valence-corrected chi connectivity index (χ3v) is 4.07. The van der Waals surface area contributed by atoms with Crippen LogP contribution in [0.25, 0.3) is 0 Å². The van der Waals surface area contributed by atoms with Gasteiger partial charge in [0.05, 0.1) is 0 Å². The van der Waals surface area contributed by atoms with Gasteiger partial charge in [-0.15, -0.1) is 5.54 Å². The minimum Gasteiger partial charge on any atom is -0.289 e. The summed E-state index contributed by atoms with van der Waals surface area (Å²) >= 11 is 0. The molecule has 0 aliphatic rings. The summed E-state index contributed by atoms with van der Waals surface area (Å²) in [5, 5.41) is 0. The minimum atomic E-state index is -1.56. The summed E-state index contributed by atoms with van der Waals surface area (Å²) in [5.41, 5.74) is 4.39. The summed E-state index contributed by atoms with van der Waals surface area (Å²) in [6, 6.07) is 11.3. The number of carbonyl (C=O) groups excluding carboxylic acids is 1. The summed E-state index contributed by atoms with van der Waals surface area (Å²) in [4.78, 5) is 10.2. The zero-order valence-corrected chi connectivity index (χ0v) is 9.58. The molecule has 0 fully saturated rings. The number of carbonyl (C=O) groups is 1. The van der Waals surface area contributed by atoms with Gasteiger partial charge in [0.2, 0.25) is 0 Å². The number of hydrogen-bond acceptors (Lipinski definition) is 1. The highest BCUT2D eigenvalue weighted by atomic mass is 28.3. The lowest BCUT2D eigenvalue weighted by molar-refractivity contribution is -0.103. The first-order chi connectivity index (χ1) is 6.64. The predicted molar refractivity (Wildman–Crippen MR) is 61.5 cm³/mol. The smallest absolute Gasteiger partial charge is 0.192 e. The molecular weight excluding hydrogens is 188 g/mol. The van der Waals surface area contributed by atoms with Crippen molar-refractivity contribution in [3.63, 3.8) is 0 Å². The lowest BCUT2D eigenvalue weighted by Crippen LogP contribution is -2.27. The van der Waals surface area contributed by atoms with Crippen LogP contribution in [0.3, 0.4) is 0 Å². The molecule has 2 heteroatoms. The first-order valence-corrected chi connectivity index (χ1v) is 7.85. The fourth-order valence-corrected chi connectivity index (χ4v) is 3.17. The van der Waals surface area contributed by atoms with Gasteiger partial charge in [0.1, 0.15) is 8.07 Å². The van der Waals surface area contributed by atoms with Gasteiger partial charge in [0, 0.05) is 0 Å². The van der Waals surface area contributed by atoms with Gasteiger partial charge in [0.25, 0.3) is 0 Å². The molecule has 0 N–H and O–H groups in total. The van der Waals surface area contributed by atoms with Gasteiger partial charge < -0.3 is 0 Å². The molecule has 0 saturated carbocycles. The average molecular weight is 202 g/mol. The third-order valence-electron chi connectivity index (χ3n) is 1.96. The van der Waals surface area contributed by atoms with Crippen molar-refractivity contribution in [2.45, 2.75) is 19.1 Å². The predicted octanol–water partition coefficient (Wildman–Crippen LogP) is 2.22. The summed E-state index contributed by atoms with van der Waals surface area (Å²) < 4.78 is 0. The molecule has 0 aliphatic carbocycles. The maximum absolute atomic E-state index is 10.2. The van der Waals surface area contributed by atoms with Crippen LogP contribution in [-0.2, 0) is 10.8 Å². The topological polar surface area (TPSA) is 17.1 Å². The van der Waals surface area contributed by atoms with Crippen molar-refractivity contribution in [3.8, 4) is 11.5 Å². The van der Waals surface area contributed by atoms with Crippen molar-refractivity contribution in [2.24, 2.45) is 0 Å². The second-order valence-corrected chi connectivity index (χ2v) is 8.30. The lowest BCUT2D eigenvalue weighted by atomic mass is 10.2. The van der Waals surface area contributed by atoms with Gasteiger partial charge in [-0.1, -0.05) is 43.4 Å². The quantitative estimate of drug-likeness (QED) is 0.408. The summed E-state index contributed by atoms with van der Waals surface area (Å²) in [6.45, 7) is 4.35. The van der Waals surface area contributed by atoms with Crippen molar-refractivity contribution in [3.05, 3.63) is 35.9 Å². The maximum atomic E-state index is 10.2. The molecule has 1 nitrogen and oxygen atoms in total. The molecule has 0 radical (unpaired) electrons. The Morgan fingerprint density at radius 3 is 2.50 bits per heavy atom. The standard InChI is InChI=1S/C12H14OSi/c1-14(2,10-6-9-13)11-12-7-4-3-5-8-12/h3-5,7-9H,11H2,1-2H3. The van der Waals surface area contributed by atoms with Crippen molar-refractivity contribution in [1.29, 1.82) is 0 Å².